The molecule has 1 aliphatic heterocycles. The predicted octanol–water partition coefficient (Wildman–Crippen LogP) is 4.34. The van der Waals surface area contributed by atoms with Crippen LogP contribution in [0.25, 0.3) is 17.1 Å². The number of likely N-dealkylation sites (tertiary alicyclic amines) is 1. The second-order valence-electron chi connectivity index (χ2n) is 7.91. The average molecular weight is 417 g/mol. The number of fused-ring (bicyclic) bond motifs is 1. The second-order valence-corrected chi connectivity index (χ2v) is 7.91. The van der Waals surface area contributed by atoms with Crippen LogP contribution in [0, 0.1) is 5.92 Å². The van der Waals surface area contributed by atoms with Crippen molar-refractivity contribution in [2.24, 2.45) is 5.92 Å². The van der Waals surface area contributed by atoms with Crippen LogP contribution in [0.5, 0.6) is 0 Å². The van der Waals surface area contributed by atoms with E-state index in [1.165, 1.54) is 0 Å². The topological polar surface area (TPSA) is 67.2 Å². The lowest BCUT2D eigenvalue weighted by atomic mass is 9.96. The van der Waals surface area contributed by atoms with Crippen molar-refractivity contribution in [3.8, 4) is 0 Å². The molecule has 3 aromatic rings. The maximum Gasteiger partial charge on any atom is 0.246 e. The normalized spacial score (nSPS) is 14.9. The lowest BCUT2D eigenvalue weighted by Gasteiger charge is -2.30. The van der Waals surface area contributed by atoms with Gasteiger partial charge in [-0.3, -0.25) is 14.9 Å². The Kier molecular flexibility index (Phi) is 6.46. The number of rotatable bonds is 6. The van der Waals surface area contributed by atoms with Gasteiger partial charge in [0.2, 0.25) is 17.8 Å². The zero-order valence-electron chi connectivity index (χ0n) is 17.8. The number of aromatic nitrogens is 2. The van der Waals surface area contributed by atoms with Crippen molar-refractivity contribution in [3.05, 3.63) is 66.2 Å². The third-order valence-electron chi connectivity index (χ3n) is 5.73. The number of hydrogen-bond donors (Lipinski definition) is 1. The SMILES string of the molecule is CCCn1c(NC(=O)C2CCN(C(=O)/C=C/c3ccccc3)CC2)nc2ccccc21. The number of carbonyl (C=O) groups is 2. The van der Waals surface area contributed by atoms with E-state index in [1.807, 2.05) is 65.6 Å². The molecule has 6 nitrogen and oxygen atoms in total. The van der Waals surface area contributed by atoms with Crippen molar-refractivity contribution in [1.82, 2.24) is 14.5 Å². The van der Waals surface area contributed by atoms with Gasteiger partial charge in [-0.05, 0) is 43.0 Å². The van der Waals surface area contributed by atoms with E-state index in [0.717, 1.165) is 29.6 Å². The van der Waals surface area contributed by atoms with Crippen LogP contribution < -0.4 is 5.32 Å². The van der Waals surface area contributed by atoms with Crippen LogP contribution >= 0.6 is 0 Å². The number of nitrogens with one attached hydrogen (secondary N) is 1. The fourth-order valence-electron chi connectivity index (χ4n) is 4.03. The molecule has 0 unspecified atom stereocenters. The maximum atomic E-state index is 12.9. The molecular weight excluding hydrogens is 388 g/mol. The zero-order valence-corrected chi connectivity index (χ0v) is 17.8. The maximum absolute atomic E-state index is 12.9. The van der Waals surface area contributed by atoms with Crippen molar-refractivity contribution < 1.29 is 9.59 Å². The Morgan fingerprint density at radius 3 is 2.52 bits per heavy atom. The Morgan fingerprint density at radius 2 is 1.77 bits per heavy atom. The molecule has 2 aromatic carbocycles. The number of aryl methyl sites for hydroxylation is 1. The molecular formula is C25H28N4O2. The summed E-state index contributed by atoms with van der Waals surface area (Å²) >= 11 is 0. The number of piperidine rings is 1. The third-order valence-corrected chi connectivity index (χ3v) is 5.73. The number of nitrogens with zero attached hydrogens (tertiary/aromatic N) is 3. The molecule has 0 spiro atoms. The van der Waals surface area contributed by atoms with Crippen molar-refractivity contribution in [2.75, 3.05) is 18.4 Å². The average Bonchev–Trinajstić information content (AvgIpc) is 3.15. The summed E-state index contributed by atoms with van der Waals surface area (Å²) in [6.07, 6.45) is 5.72. The molecule has 31 heavy (non-hydrogen) atoms. The number of benzene rings is 2. The van der Waals surface area contributed by atoms with E-state index < -0.39 is 0 Å². The summed E-state index contributed by atoms with van der Waals surface area (Å²) < 4.78 is 2.07. The molecule has 0 aliphatic carbocycles. The van der Waals surface area contributed by atoms with Gasteiger partial charge in [-0.1, -0.05) is 49.4 Å². The number of hydrogen-bond acceptors (Lipinski definition) is 3. The molecule has 0 atom stereocenters. The van der Waals surface area contributed by atoms with Crippen LogP contribution in [0.1, 0.15) is 31.7 Å². The fraction of sp³-hybridized carbons (Fsp3) is 0.320. The third kappa shape index (κ3) is 4.85. The van der Waals surface area contributed by atoms with Crippen LogP contribution in [-0.4, -0.2) is 39.4 Å². The Hall–Kier alpha value is -3.41. The number of amides is 2. The van der Waals surface area contributed by atoms with Crippen LogP contribution in [0.3, 0.4) is 0 Å². The number of imidazole rings is 1. The highest BCUT2D eigenvalue weighted by molar-refractivity contribution is 5.94. The van der Waals surface area contributed by atoms with Crippen molar-refractivity contribution in [2.45, 2.75) is 32.7 Å². The summed E-state index contributed by atoms with van der Waals surface area (Å²) in [5, 5.41) is 3.04. The van der Waals surface area contributed by atoms with E-state index >= 15 is 0 Å². The van der Waals surface area contributed by atoms with Gasteiger partial charge in [0.25, 0.3) is 0 Å². The largest absolute Gasteiger partial charge is 0.339 e. The molecule has 1 N–H and O–H groups in total. The molecule has 1 aliphatic rings. The molecule has 1 fully saturated rings. The number of para-hydroxylation sites is 2. The monoisotopic (exact) mass is 416 g/mol. The van der Waals surface area contributed by atoms with Crippen molar-refractivity contribution >= 4 is 34.9 Å². The minimum Gasteiger partial charge on any atom is -0.339 e. The number of anilines is 1. The predicted molar refractivity (Wildman–Crippen MR) is 123 cm³/mol. The summed E-state index contributed by atoms with van der Waals surface area (Å²) in [5.74, 6) is 0.474. The van der Waals surface area contributed by atoms with Crippen LogP contribution in [0.15, 0.2) is 60.7 Å². The molecule has 1 aromatic heterocycles. The van der Waals surface area contributed by atoms with Crippen LogP contribution in [0.4, 0.5) is 5.95 Å². The highest BCUT2D eigenvalue weighted by Gasteiger charge is 2.27. The first-order chi connectivity index (χ1) is 15.2. The van der Waals surface area contributed by atoms with Gasteiger partial charge in [0.15, 0.2) is 0 Å². The summed E-state index contributed by atoms with van der Waals surface area (Å²) in [7, 11) is 0. The fourth-order valence-corrected chi connectivity index (χ4v) is 4.03. The lowest BCUT2D eigenvalue weighted by Crippen LogP contribution is -2.41. The van der Waals surface area contributed by atoms with Gasteiger partial charge < -0.3 is 9.47 Å². The molecule has 6 heteroatoms. The molecule has 1 saturated heterocycles. The van der Waals surface area contributed by atoms with E-state index in [9.17, 15) is 9.59 Å². The van der Waals surface area contributed by atoms with Crippen LogP contribution in [0.2, 0.25) is 0 Å². The molecule has 2 heterocycles. The second kappa shape index (κ2) is 9.60. The first kappa shape index (κ1) is 20.8. The molecule has 2 amide bonds. The summed E-state index contributed by atoms with van der Waals surface area (Å²) in [6, 6.07) is 17.7. The molecule has 0 bridgehead atoms. The summed E-state index contributed by atoms with van der Waals surface area (Å²) in [6.45, 7) is 4.08. The minimum absolute atomic E-state index is 0.00699. The summed E-state index contributed by atoms with van der Waals surface area (Å²) in [5.41, 5.74) is 2.92. The van der Waals surface area contributed by atoms with Crippen molar-refractivity contribution in [3.63, 3.8) is 0 Å². The van der Waals surface area contributed by atoms with E-state index in [-0.39, 0.29) is 17.7 Å². The first-order valence-corrected chi connectivity index (χ1v) is 10.9. The molecule has 0 saturated carbocycles. The lowest BCUT2D eigenvalue weighted by molar-refractivity contribution is -0.130. The zero-order chi connectivity index (χ0) is 21.6. The van der Waals surface area contributed by atoms with Gasteiger partial charge in [0.05, 0.1) is 11.0 Å². The highest BCUT2D eigenvalue weighted by atomic mass is 16.2. The van der Waals surface area contributed by atoms with Crippen molar-refractivity contribution in [1.29, 1.82) is 0 Å². The van der Waals surface area contributed by atoms with Gasteiger partial charge >= 0.3 is 0 Å². The van der Waals surface area contributed by atoms with E-state index in [0.29, 0.717) is 31.9 Å². The standard InChI is InChI=1S/C25H28N4O2/c1-2-16-29-22-11-7-6-10-21(22)26-25(29)27-24(31)20-14-17-28(18-15-20)23(30)13-12-19-8-4-3-5-9-19/h3-13,20H,2,14-18H2,1H3,(H,26,27,31)/b13-12+. The quantitative estimate of drug-likeness (QED) is 0.608. The van der Waals surface area contributed by atoms with E-state index in [2.05, 4.69) is 21.8 Å². The Labute approximate surface area is 182 Å². The molecule has 4 rings (SSSR count). The highest BCUT2D eigenvalue weighted by Crippen LogP contribution is 2.23. The molecule has 160 valence electrons. The van der Waals surface area contributed by atoms with Gasteiger partial charge in [0.1, 0.15) is 0 Å². The Bertz CT molecular complexity index is 1080. The van der Waals surface area contributed by atoms with E-state index in [4.69, 9.17) is 0 Å². The molecule has 0 radical (unpaired) electrons. The van der Waals surface area contributed by atoms with Gasteiger partial charge in [-0.15, -0.1) is 0 Å². The van der Waals surface area contributed by atoms with Gasteiger partial charge in [0, 0.05) is 31.6 Å². The summed E-state index contributed by atoms with van der Waals surface area (Å²) in [4.78, 5) is 31.8. The Balaban J connectivity index is 1.35. The smallest absolute Gasteiger partial charge is 0.246 e. The van der Waals surface area contributed by atoms with Gasteiger partial charge in [-0.2, -0.15) is 0 Å². The number of carbonyl (C=O) groups excluding carboxylic acids is 2. The van der Waals surface area contributed by atoms with Crippen LogP contribution in [-0.2, 0) is 16.1 Å². The first-order valence-electron chi connectivity index (χ1n) is 10.9. The van der Waals surface area contributed by atoms with Gasteiger partial charge in [-0.25, -0.2) is 4.98 Å². The van der Waals surface area contributed by atoms with E-state index in [1.54, 1.807) is 6.08 Å². The minimum atomic E-state index is -0.114. The Morgan fingerprint density at radius 1 is 1.06 bits per heavy atom.